The summed E-state index contributed by atoms with van der Waals surface area (Å²) in [5.41, 5.74) is 7.02. The Balaban J connectivity index is 2.21. The number of carbonyl (C=O) groups is 1. The van der Waals surface area contributed by atoms with Gasteiger partial charge in [-0.2, -0.15) is 8.78 Å². The van der Waals surface area contributed by atoms with E-state index in [9.17, 15) is 13.6 Å². The molecule has 0 saturated carbocycles. The zero-order valence-corrected chi connectivity index (χ0v) is 10.3. The molecule has 0 aliphatic carbocycles. The number of benzene rings is 1. The summed E-state index contributed by atoms with van der Waals surface area (Å²) in [6.07, 6.45) is 0.829. The average molecular weight is 284 g/mol. The molecule has 0 spiro atoms. The van der Waals surface area contributed by atoms with E-state index in [-0.39, 0.29) is 17.2 Å². The van der Waals surface area contributed by atoms with Gasteiger partial charge in [-0.3, -0.25) is 4.79 Å². The van der Waals surface area contributed by atoms with Gasteiger partial charge in [0.25, 0.3) is 11.2 Å². The molecule has 19 heavy (non-hydrogen) atoms. The smallest absolute Gasteiger partial charge is 0.286 e. The van der Waals surface area contributed by atoms with Crippen LogP contribution < -0.4 is 5.73 Å². The van der Waals surface area contributed by atoms with Crippen LogP contribution in [-0.4, -0.2) is 28.6 Å². The van der Waals surface area contributed by atoms with Crippen LogP contribution in [0.2, 0.25) is 0 Å². The summed E-state index contributed by atoms with van der Waals surface area (Å²) in [5, 5.41) is -0.651. The maximum atomic E-state index is 13.5. The van der Waals surface area contributed by atoms with Gasteiger partial charge in [-0.05, 0) is 29.8 Å². The second kappa shape index (κ2) is 3.77. The molecule has 0 saturated heterocycles. The first-order valence-electron chi connectivity index (χ1n) is 5.44. The number of hydrogen-bond donors (Lipinski definition) is 1. The topological polar surface area (TPSA) is 58.7 Å². The zero-order chi connectivity index (χ0) is 13.8. The van der Waals surface area contributed by atoms with Crippen molar-refractivity contribution in [1.29, 1.82) is 0 Å². The van der Waals surface area contributed by atoms with Gasteiger partial charge in [0, 0.05) is 17.2 Å². The van der Waals surface area contributed by atoms with Crippen molar-refractivity contribution in [1.82, 2.24) is 4.90 Å². The molecule has 0 atom stereocenters. The Labute approximate surface area is 112 Å². The Morgan fingerprint density at radius 2 is 2.21 bits per heavy atom. The van der Waals surface area contributed by atoms with Crippen molar-refractivity contribution in [2.24, 2.45) is 10.7 Å². The van der Waals surface area contributed by atoms with Crippen molar-refractivity contribution in [3.8, 4) is 0 Å². The molecule has 4 nitrogen and oxygen atoms in total. The number of rotatable bonds is 1. The quantitative estimate of drug-likeness (QED) is 0.805. The monoisotopic (exact) mass is 283 g/mol. The van der Waals surface area contributed by atoms with Crippen LogP contribution in [0.5, 0.6) is 0 Å². The second-order valence-corrected chi connectivity index (χ2v) is 4.70. The largest absolute Gasteiger partial charge is 0.369 e. The standard InChI is InChI=1S/C12H8ClF2N3O/c13-10(19)6-1-2-8-7(3-6)9-4-12(14,15)5-18(9)11(16)17-8/h1-4H,5H2,(H2,16,17). The van der Waals surface area contributed by atoms with Gasteiger partial charge in [-0.1, -0.05) is 0 Å². The minimum Gasteiger partial charge on any atom is -0.369 e. The van der Waals surface area contributed by atoms with Crippen molar-refractivity contribution in [2.45, 2.75) is 5.92 Å². The van der Waals surface area contributed by atoms with Crippen LogP contribution in [0.1, 0.15) is 15.9 Å². The fourth-order valence-electron chi connectivity index (χ4n) is 2.19. The molecule has 2 heterocycles. The minimum absolute atomic E-state index is 0.0147. The zero-order valence-electron chi connectivity index (χ0n) is 9.53. The molecule has 0 amide bonds. The molecule has 0 radical (unpaired) electrons. The van der Waals surface area contributed by atoms with Crippen LogP contribution in [-0.2, 0) is 0 Å². The number of aliphatic imine (C=N–C) groups is 1. The fraction of sp³-hybridized carbons (Fsp3) is 0.167. The highest BCUT2D eigenvalue weighted by Gasteiger charge is 2.41. The molecule has 0 unspecified atom stereocenters. The van der Waals surface area contributed by atoms with E-state index in [1.807, 2.05) is 0 Å². The van der Waals surface area contributed by atoms with Gasteiger partial charge in [-0.15, -0.1) is 0 Å². The van der Waals surface area contributed by atoms with Gasteiger partial charge in [-0.25, -0.2) is 4.99 Å². The molecule has 1 aromatic carbocycles. The van der Waals surface area contributed by atoms with E-state index in [1.54, 1.807) is 0 Å². The number of nitrogens with zero attached hydrogens (tertiary/aromatic N) is 2. The molecule has 0 fully saturated rings. The molecule has 98 valence electrons. The van der Waals surface area contributed by atoms with E-state index in [1.165, 1.54) is 23.1 Å². The Kier molecular flexibility index (Phi) is 2.40. The first kappa shape index (κ1) is 12.1. The summed E-state index contributed by atoms with van der Waals surface area (Å²) in [7, 11) is 0. The number of guanidine groups is 1. The molecule has 1 aromatic rings. The predicted octanol–water partition coefficient (Wildman–Crippen LogP) is 2.32. The van der Waals surface area contributed by atoms with Crippen LogP contribution in [0.25, 0.3) is 5.70 Å². The van der Waals surface area contributed by atoms with Gasteiger partial charge in [0.1, 0.15) is 0 Å². The molecule has 0 aromatic heterocycles. The number of hydrogen-bond acceptors (Lipinski definition) is 4. The summed E-state index contributed by atoms with van der Waals surface area (Å²) >= 11 is 5.39. The van der Waals surface area contributed by atoms with Crippen LogP contribution in [0.3, 0.4) is 0 Å². The molecule has 2 aliphatic rings. The van der Waals surface area contributed by atoms with E-state index in [0.29, 0.717) is 11.3 Å². The van der Waals surface area contributed by atoms with E-state index < -0.39 is 17.7 Å². The fourth-order valence-corrected chi connectivity index (χ4v) is 2.31. The van der Waals surface area contributed by atoms with E-state index >= 15 is 0 Å². The van der Waals surface area contributed by atoms with Gasteiger partial charge < -0.3 is 10.6 Å². The summed E-state index contributed by atoms with van der Waals surface area (Å²) in [5.74, 6) is -2.96. The van der Waals surface area contributed by atoms with E-state index in [2.05, 4.69) is 4.99 Å². The normalized spacial score (nSPS) is 19.4. The molecule has 3 rings (SSSR count). The summed E-state index contributed by atoms with van der Waals surface area (Å²) in [6, 6.07) is 4.46. The van der Waals surface area contributed by atoms with Gasteiger partial charge >= 0.3 is 0 Å². The average Bonchev–Trinajstić information content (AvgIpc) is 2.65. The third-order valence-corrected chi connectivity index (χ3v) is 3.24. The van der Waals surface area contributed by atoms with Gasteiger partial charge in [0.15, 0.2) is 0 Å². The Bertz CT molecular complexity index is 654. The molecular formula is C12H8ClF2N3O. The van der Waals surface area contributed by atoms with Gasteiger partial charge in [0.2, 0.25) is 5.96 Å². The van der Waals surface area contributed by atoms with Crippen molar-refractivity contribution >= 4 is 34.2 Å². The first-order chi connectivity index (χ1) is 8.87. The van der Waals surface area contributed by atoms with Crippen molar-refractivity contribution in [3.05, 3.63) is 35.4 Å². The number of alkyl halides is 2. The third kappa shape index (κ3) is 1.88. The maximum absolute atomic E-state index is 13.5. The Hall–Kier alpha value is -1.95. The summed E-state index contributed by atoms with van der Waals surface area (Å²) < 4.78 is 26.9. The highest BCUT2D eigenvalue weighted by molar-refractivity contribution is 6.67. The Morgan fingerprint density at radius 1 is 1.47 bits per heavy atom. The van der Waals surface area contributed by atoms with Crippen LogP contribution in [0.15, 0.2) is 29.3 Å². The second-order valence-electron chi connectivity index (χ2n) is 4.35. The SMILES string of the molecule is NC1=Nc2ccc(C(=O)Cl)cc2C2=CC(F)(F)CN21. The lowest BCUT2D eigenvalue weighted by Crippen LogP contribution is -2.39. The lowest BCUT2D eigenvalue weighted by molar-refractivity contribution is 0.0551. The van der Waals surface area contributed by atoms with Crippen molar-refractivity contribution < 1.29 is 13.6 Å². The lowest BCUT2D eigenvalue weighted by atomic mass is 10.0. The third-order valence-electron chi connectivity index (χ3n) is 3.02. The molecule has 7 heteroatoms. The molecule has 0 bridgehead atoms. The number of fused-ring (bicyclic) bond motifs is 3. The predicted molar refractivity (Wildman–Crippen MR) is 67.5 cm³/mol. The van der Waals surface area contributed by atoms with Crippen molar-refractivity contribution in [2.75, 3.05) is 6.54 Å². The highest BCUT2D eigenvalue weighted by atomic mass is 35.5. The molecular weight excluding hydrogens is 276 g/mol. The molecule has 2 N–H and O–H groups in total. The first-order valence-corrected chi connectivity index (χ1v) is 5.82. The van der Waals surface area contributed by atoms with Gasteiger partial charge in [0.05, 0.1) is 17.9 Å². The summed E-state index contributed by atoms with van der Waals surface area (Å²) in [6.45, 7) is -0.545. The highest BCUT2D eigenvalue weighted by Crippen LogP contribution is 2.41. The van der Waals surface area contributed by atoms with E-state index in [4.69, 9.17) is 17.3 Å². The van der Waals surface area contributed by atoms with Crippen LogP contribution in [0.4, 0.5) is 14.5 Å². The van der Waals surface area contributed by atoms with E-state index in [0.717, 1.165) is 6.08 Å². The number of carbonyl (C=O) groups excluding carboxylic acids is 1. The lowest BCUT2D eigenvalue weighted by Gasteiger charge is -2.26. The molecule has 2 aliphatic heterocycles. The van der Waals surface area contributed by atoms with Crippen LogP contribution >= 0.6 is 11.6 Å². The number of halogens is 3. The minimum atomic E-state index is -2.97. The Morgan fingerprint density at radius 3 is 2.89 bits per heavy atom. The van der Waals surface area contributed by atoms with Crippen LogP contribution in [0, 0.1) is 0 Å². The maximum Gasteiger partial charge on any atom is 0.286 e. The summed E-state index contributed by atoms with van der Waals surface area (Å²) in [4.78, 5) is 16.4. The van der Waals surface area contributed by atoms with Crippen molar-refractivity contribution in [3.63, 3.8) is 0 Å². The number of nitrogens with two attached hydrogens (primary N) is 1.